The van der Waals surface area contributed by atoms with Gasteiger partial charge in [-0.25, -0.2) is 4.79 Å². The Labute approximate surface area is 111 Å². The van der Waals surface area contributed by atoms with Crippen molar-refractivity contribution in [2.24, 2.45) is 0 Å². The Morgan fingerprint density at radius 2 is 1.95 bits per heavy atom. The molecule has 1 aromatic rings. The van der Waals surface area contributed by atoms with E-state index >= 15 is 0 Å². The molecule has 0 bridgehead atoms. The number of urea groups is 1. The minimum absolute atomic E-state index is 0.0327. The number of rotatable bonds is 2. The van der Waals surface area contributed by atoms with Crippen molar-refractivity contribution in [2.45, 2.75) is 13.1 Å². The molecule has 0 aliphatic heterocycles. The molecule has 0 heterocycles. The van der Waals surface area contributed by atoms with Gasteiger partial charge in [-0.2, -0.15) is 13.2 Å². The number of hydrogen-bond acceptors (Lipinski definition) is 2. The van der Waals surface area contributed by atoms with Gasteiger partial charge in [-0.15, -0.1) is 11.6 Å². The fourth-order valence-corrected chi connectivity index (χ4v) is 1.31. The SMILES string of the molecule is Cc1ccc(C(F)(F)F)cc1NC(=O)NC(=O)CCl. The number of carbonyl (C=O) groups excluding carboxylic acids is 2. The molecule has 8 heteroatoms. The summed E-state index contributed by atoms with van der Waals surface area (Å²) in [6.07, 6.45) is -4.51. The number of imide groups is 1. The molecule has 0 spiro atoms. The van der Waals surface area contributed by atoms with Crippen molar-refractivity contribution < 1.29 is 22.8 Å². The summed E-state index contributed by atoms with van der Waals surface area (Å²) < 4.78 is 37.5. The van der Waals surface area contributed by atoms with Crippen molar-refractivity contribution in [3.63, 3.8) is 0 Å². The number of aryl methyl sites for hydroxylation is 1. The average molecular weight is 295 g/mol. The summed E-state index contributed by atoms with van der Waals surface area (Å²) in [5.41, 5.74) is -0.492. The fraction of sp³-hybridized carbons (Fsp3) is 0.273. The quantitative estimate of drug-likeness (QED) is 0.824. The summed E-state index contributed by atoms with van der Waals surface area (Å²) in [6.45, 7) is 1.53. The molecule has 0 saturated carbocycles. The summed E-state index contributed by atoms with van der Waals surface area (Å²) in [5.74, 6) is -1.17. The molecule has 0 aliphatic carbocycles. The highest BCUT2D eigenvalue weighted by molar-refractivity contribution is 6.28. The lowest BCUT2D eigenvalue weighted by atomic mass is 10.1. The molecule has 0 fully saturated rings. The monoisotopic (exact) mass is 294 g/mol. The summed E-state index contributed by atoms with van der Waals surface area (Å²) in [7, 11) is 0. The van der Waals surface area contributed by atoms with Gasteiger partial charge in [-0.1, -0.05) is 6.07 Å². The second-order valence-corrected chi connectivity index (χ2v) is 3.93. The van der Waals surface area contributed by atoms with Crippen molar-refractivity contribution >= 4 is 29.2 Å². The second-order valence-electron chi connectivity index (χ2n) is 3.66. The lowest BCUT2D eigenvalue weighted by Crippen LogP contribution is -2.35. The third-order valence-electron chi connectivity index (χ3n) is 2.19. The van der Waals surface area contributed by atoms with Crippen LogP contribution in [-0.2, 0) is 11.0 Å². The van der Waals surface area contributed by atoms with Crippen molar-refractivity contribution in [1.29, 1.82) is 0 Å². The number of amides is 3. The van der Waals surface area contributed by atoms with E-state index in [0.29, 0.717) is 5.56 Å². The molecule has 104 valence electrons. The van der Waals surface area contributed by atoms with E-state index in [1.54, 1.807) is 0 Å². The van der Waals surface area contributed by atoms with Gasteiger partial charge in [-0.05, 0) is 24.6 Å². The van der Waals surface area contributed by atoms with E-state index in [-0.39, 0.29) is 5.69 Å². The molecule has 3 amide bonds. The minimum atomic E-state index is -4.51. The largest absolute Gasteiger partial charge is 0.416 e. The van der Waals surface area contributed by atoms with Crippen LogP contribution in [0.3, 0.4) is 0 Å². The highest BCUT2D eigenvalue weighted by Gasteiger charge is 2.30. The van der Waals surface area contributed by atoms with Crippen LogP contribution < -0.4 is 10.6 Å². The minimum Gasteiger partial charge on any atom is -0.307 e. The maximum Gasteiger partial charge on any atom is 0.416 e. The van der Waals surface area contributed by atoms with Crippen molar-refractivity contribution in [3.05, 3.63) is 29.3 Å². The Balaban J connectivity index is 2.89. The smallest absolute Gasteiger partial charge is 0.307 e. The Bertz CT molecular complexity index is 503. The number of alkyl halides is 4. The van der Waals surface area contributed by atoms with E-state index in [2.05, 4.69) is 5.32 Å². The molecular formula is C11H10ClF3N2O2. The zero-order valence-electron chi connectivity index (χ0n) is 9.77. The molecule has 1 rings (SSSR count). The number of hydrogen-bond donors (Lipinski definition) is 2. The van der Waals surface area contributed by atoms with Gasteiger partial charge in [0, 0.05) is 5.69 Å². The summed E-state index contributed by atoms with van der Waals surface area (Å²) in [4.78, 5) is 22.2. The molecule has 0 radical (unpaired) electrons. The maximum atomic E-state index is 12.5. The highest BCUT2D eigenvalue weighted by atomic mass is 35.5. The van der Waals surface area contributed by atoms with Crippen LogP contribution in [0.4, 0.5) is 23.7 Å². The van der Waals surface area contributed by atoms with Crippen LogP contribution in [0.25, 0.3) is 0 Å². The Kier molecular flexibility index (Phi) is 4.77. The van der Waals surface area contributed by atoms with Crippen molar-refractivity contribution in [3.8, 4) is 0 Å². The first-order valence-corrected chi connectivity index (χ1v) is 5.62. The molecule has 0 saturated heterocycles. The van der Waals surface area contributed by atoms with Crippen LogP contribution >= 0.6 is 11.6 Å². The maximum absolute atomic E-state index is 12.5. The van der Waals surface area contributed by atoms with Gasteiger partial charge in [-0.3, -0.25) is 10.1 Å². The van der Waals surface area contributed by atoms with E-state index in [1.165, 1.54) is 13.0 Å². The van der Waals surface area contributed by atoms with Crippen LogP contribution in [0.15, 0.2) is 18.2 Å². The van der Waals surface area contributed by atoms with E-state index in [4.69, 9.17) is 11.6 Å². The average Bonchev–Trinajstić information content (AvgIpc) is 2.30. The second kappa shape index (κ2) is 5.92. The van der Waals surface area contributed by atoms with E-state index < -0.39 is 29.6 Å². The number of carbonyl (C=O) groups is 2. The molecule has 0 unspecified atom stereocenters. The van der Waals surface area contributed by atoms with Crippen LogP contribution in [0, 0.1) is 6.92 Å². The lowest BCUT2D eigenvalue weighted by Gasteiger charge is -2.12. The van der Waals surface area contributed by atoms with Gasteiger partial charge in [0.05, 0.1) is 5.56 Å². The molecule has 1 aromatic carbocycles. The number of benzene rings is 1. The normalized spacial score (nSPS) is 11.0. The topological polar surface area (TPSA) is 58.2 Å². The van der Waals surface area contributed by atoms with E-state index in [0.717, 1.165) is 12.1 Å². The first-order chi connectivity index (χ1) is 8.74. The first-order valence-electron chi connectivity index (χ1n) is 5.08. The standard InChI is InChI=1S/C11H10ClF3N2O2/c1-6-2-3-7(11(13,14)15)4-8(6)16-10(19)17-9(18)5-12/h2-4H,5H2,1H3,(H2,16,17,18,19). The van der Waals surface area contributed by atoms with Crippen LogP contribution in [0.2, 0.25) is 0 Å². The number of halogens is 4. The predicted molar refractivity (Wildman–Crippen MR) is 64.1 cm³/mol. The highest BCUT2D eigenvalue weighted by Crippen LogP contribution is 2.31. The first kappa shape index (κ1) is 15.3. The zero-order valence-corrected chi connectivity index (χ0v) is 10.5. The Morgan fingerprint density at radius 3 is 2.47 bits per heavy atom. The van der Waals surface area contributed by atoms with E-state index in [9.17, 15) is 22.8 Å². The van der Waals surface area contributed by atoms with Gasteiger partial charge in [0.1, 0.15) is 5.88 Å². The molecule has 19 heavy (non-hydrogen) atoms. The van der Waals surface area contributed by atoms with Gasteiger partial charge in [0.25, 0.3) is 0 Å². The van der Waals surface area contributed by atoms with Gasteiger partial charge >= 0.3 is 12.2 Å². The Morgan fingerprint density at radius 1 is 1.32 bits per heavy atom. The lowest BCUT2D eigenvalue weighted by molar-refractivity contribution is -0.137. The summed E-state index contributed by atoms with van der Waals surface area (Å²) in [6, 6.07) is 1.98. The summed E-state index contributed by atoms with van der Waals surface area (Å²) in [5, 5.41) is 4.02. The predicted octanol–water partition coefficient (Wildman–Crippen LogP) is 2.90. The summed E-state index contributed by atoms with van der Waals surface area (Å²) >= 11 is 5.17. The van der Waals surface area contributed by atoms with Crippen molar-refractivity contribution in [2.75, 3.05) is 11.2 Å². The fourth-order valence-electron chi connectivity index (χ4n) is 1.25. The van der Waals surface area contributed by atoms with Gasteiger partial charge in [0.2, 0.25) is 5.91 Å². The van der Waals surface area contributed by atoms with Crippen LogP contribution in [0.1, 0.15) is 11.1 Å². The Hall–Kier alpha value is -1.76. The third kappa shape index (κ3) is 4.44. The molecule has 0 aliphatic rings. The van der Waals surface area contributed by atoms with Crippen molar-refractivity contribution in [1.82, 2.24) is 5.32 Å². The van der Waals surface area contributed by atoms with E-state index in [1.807, 2.05) is 5.32 Å². The molecule has 2 N–H and O–H groups in total. The zero-order chi connectivity index (χ0) is 14.6. The molecule has 0 aromatic heterocycles. The van der Waals surface area contributed by atoms with Crippen LogP contribution in [-0.4, -0.2) is 17.8 Å². The molecule has 4 nitrogen and oxygen atoms in total. The number of anilines is 1. The third-order valence-corrected chi connectivity index (χ3v) is 2.43. The molecular weight excluding hydrogens is 285 g/mol. The molecule has 0 atom stereocenters. The van der Waals surface area contributed by atoms with Crippen LogP contribution in [0.5, 0.6) is 0 Å². The van der Waals surface area contributed by atoms with Gasteiger partial charge < -0.3 is 5.32 Å². The van der Waals surface area contributed by atoms with Gasteiger partial charge in [0.15, 0.2) is 0 Å². The number of nitrogens with one attached hydrogen (secondary N) is 2.